The number of likely N-dealkylation sites (tertiary alicyclic amines) is 1. The lowest BCUT2D eigenvalue weighted by molar-refractivity contribution is -0.144. The molecule has 1 saturated heterocycles. The highest BCUT2D eigenvalue weighted by Crippen LogP contribution is 2.19. The van der Waals surface area contributed by atoms with Crippen molar-refractivity contribution in [1.29, 1.82) is 0 Å². The number of imide groups is 1. The van der Waals surface area contributed by atoms with Crippen molar-refractivity contribution in [2.45, 2.75) is 31.7 Å². The molecule has 1 aromatic carbocycles. The molecule has 1 unspecified atom stereocenters. The number of rotatable bonds is 4. The third kappa shape index (κ3) is 3.36. The van der Waals surface area contributed by atoms with Crippen LogP contribution in [0.4, 0.5) is 0 Å². The van der Waals surface area contributed by atoms with Crippen LogP contribution in [0.5, 0.6) is 5.75 Å². The Hall–Kier alpha value is -1.88. The van der Waals surface area contributed by atoms with Crippen LogP contribution in [-0.4, -0.2) is 30.4 Å². The monoisotopic (exact) mass is 276 g/mol. The van der Waals surface area contributed by atoms with Crippen LogP contribution in [0, 0.1) is 0 Å². The summed E-state index contributed by atoms with van der Waals surface area (Å²) in [7, 11) is 1.60. The van der Waals surface area contributed by atoms with E-state index < -0.39 is 0 Å². The molecule has 2 amide bonds. The first-order valence-electron chi connectivity index (χ1n) is 6.84. The number of nitrogens with zero attached hydrogens (tertiary/aromatic N) is 1. The molecule has 0 spiro atoms. The molecule has 2 N–H and O–H groups in total. The van der Waals surface area contributed by atoms with E-state index in [1.54, 1.807) is 7.11 Å². The molecular formula is C15H20N2O3. The van der Waals surface area contributed by atoms with Crippen molar-refractivity contribution in [2.75, 3.05) is 13.7 Å². The highest BCUT2D eigenvalue weighted by molar-refractivity contribution is 5.96. The summed E-state index contributed by atoms with van der Waals surface area (Å²) in [6, 6.07) is 6.99. The Bertz CT molecular complexity index is 466. The fraction of sp³-hybridized carbons (Fsp3) is 0.467. The van der Waals surface area contributed by atoms with Gasteiger partial charge in [-0.3, -0.25) is 14.5 Å². The van der Waals surface area contributed by atoms with Crippen LogP contribution >= 0.6 is 0 Å². The Morgan fingerprint density at radius 1 is 1.15 bits per heavy atom. The summed E-state index contributed by atoms with van der Waals surface area (Å²) in [5.74, 6) is 0.524. The molecule has 0 radical (unpaired) electrons. The lowest BCUT2D eigenvalue weighted by atomic mass is 10.1. The number of amides is 2. The van der Waals surface area contributed by atoms with Gasteiger partial charge in [-0.1, -0.05) is 12.1 Å². The molecule has 20 heavy (non-hydrogen) atoms. The summed E-state index contributed by atoms with van der Waals surface area (Å²) >= 11 is 0. The normalized spacial score (nSPS) is 17.8. The molecule has 1 atom stereocenters. The van der Waals surface area contributed by atoms with Gasteiger partial charge in [0.15, 0.2) is 0 Å². The van der Waals surface area contributed by atoms with Gasteiger partial charge in [0.1, 0.15) is 5.75 Å². The lowest BCUT2D eigenvalue weighted by Crippen LogP contribution is -2.40. The molecule has 108 valence electrons. The standard InChI is InChI=1S/C15H20N2O3/c1-20-12-8-6-11(7-9-12)13(16)10-17-14(18)4-2-3-5-15(17)19/h6-9,13H,2-5,10,16H2,1H3. The number of methoxy groups -OCH3 is 1. The second-order valence-corrected chi connectivity index (χ2v) is 4.98. The second kappa shape index (κ2) is 6.52. The van der Waals surface area contributed by atoms with E-state index in [9.17, 15) is 9.59 Å². The zero-order chi connectivity index (χ0) is 14.5. The highest BCUT2D eigenvalue weighted by Gasteiger charge is 2.26. The van der Waals surface area contributed by atoms with Crippen LogP contribution in [-0.2, 0) is 9.59 Å². The minimum atomic E-state index is -0.369. The van der Waals surface area contributed by atoms with Gasteiger partial charge >= 0.3 is 0 Å². The van der Waals surface area contributed by atoms with E-state index in [4.69, 9.17) is 10.5 Å². The molecule has 1 aromatic rings. The Kier molecular flexibility index (Phi) is 4.74. The van der Waals surface area contributed by atoms with Gasteiger partial charge in [-0.25, -0.2) is 0 Å². The highest BCUT2D eigenvalue weighted by atomic mass is 16.5. The van der Waals surface area contributed by atoms with E-state index in [2.05, 4.69) is 0 Å². The van der Waals surface area contributed by atoms with Crippen molar-refractivity contribution < 1.29 is 14.3 Å². The largest absolute Gasteiger partial charge is 0.497 e. The molecule has 1 heterocycles. The maximum Gasteiger partial charge on any atom is 0.229 e. The SMILES string of the molecule is COc1ccc(C(N)CN2C(=O)CCCCC2=O)cc1. The van der Waals surface area contributed by atoms with E-state index in [-0.39, 0.29) is 24.4 Å². The van der Waals surface area contributed by atoms with E-state index in [0.29, 0.717) is 12.8 Å². The fourth-order valence-corrected chi connectivity index (χ4v) is 2.32. The maximum atomic E-state index is 11.9. The molecule has 0 saturated carbocycles. The number of nitrogens with two attached hydrogens (primary N) is 1. The Balaban J connectivity index is 2.06. The van der Waals surface area contributed by atoms with E-state index in [0.717, 1.165) is 24.2 Å². The number of carbonyl (C=O) groups excluding carboxylic acids is 2. The summed E-state index contributed by atoms with van der Waals surface area (Å²) in [5, 5.41) is 0. The number of hydrogen-bond acceptors (Lipinski definition) is 4. The van der Waals surface area contributed by atoms with Crippen molar-refractivity contribution in [3.8, 4) is 5.75 Å². The van der Waals surface area contributed by atoms with E-state index in [1.807, 2.05) is 24.3 Å². The molecule has 0 bridgehead atoms. The van der Waals surface area contributed by atoms with E-state index >= 15 is 0 Å². The second-order valence-electron chi connectivity index (χ2n) is 4.98. The third-order valence-corrected chi connectivity index (χ3v) is 3.56. The number of ether oxygens (including phenoxy) is 1. The predicted molar refractivity (Wildman–Crippen MR) is 75.1 cm³/mol. The van der Waals surface area contributed by atoms with Crippen molar-refractivity contribution in [3.63, 3.8) is 0 Å². The van der Waals surface area contributed by atoms with Gasteiger partial charge in [0.05, 0.1) is 7.11 Å². The zero-order valence-electron chi connectivity index (χ0n) is 11.7. The first-order valence-corrected chi connectivity index (χ1v) is 6.84. The maximum absolute atomic E-state index is 11.9. The quantitative estimate of drug-likeness (QED) is 0.848. The molecule has 0 aliphatic carbocycles. The first kappa shape index (κ1) is 14.5. The van der Waals surface area contributed by atoms with Gasteiger partial charge in [0.2, 0.25) is 11.8 Å². The fourth-order valence-electron chi connectivity index (χ4n) is 2.32. The van der Waals surface area contributed by atoms with Gasteiger partial charge < -0.3 is 10.5 Å². The predicted octanol–water partition coefficient (Wildman–Crippen LogP) is 1.62. The van der Waals surface area contributed by atoms with Crippen molar-refractivity contribution >= 4 is 11.8 Å². The van der Waals surface area contributed by atoms with Gasteiger partial charge in [-0.2, -0.15) is 0 Å². The summed E-state index contributed by atoms with van der Waals surface area (Å²) in [5.41, 5.74) is 6.99. The van der Waals surface area contributed by atoms with Crippen LogP contribution in [0.3, 0.4) is 0 Å². The van der Waals surface area contributed by atoms with Crippen LogP contribution in [0.1, 0.15) is 37.3 Å². The molecule has 1 fully saturated rings. The molecule has 5 nitrogen and oxygen atoms in total. The van der Waals surface area contributed by atoms with Crippen LogP contribution in [0.2, 0.25) is 0 Å². The Morgan fingerprint density at radius 3 is 2.20 bits per heavy atom. The topological polar surface area (TPSA) is 72.6 Å². The molecule has 1 aliphatic heterocycles. The number of hydrogen-bond donors (Lipinski definition) is 1. The Morgan fingerprint density at radius 2 is 1.70 bits per heavy atom. The first-order chi connectivity index (χ1) is 9.61. The molecule has 5 heteroatoms. The lowest BCUT2D eigenvalue weighted by Gasteiger charge is -2.23. The van der Waals surface area contributed by atoms with Crippen molar-refractivity contribution in [3.05, 3.63) is 29.8 Å². The zero-order valence-corrected chi connectivity index (χ0v) is 11.7. The van der Waals surface area contributed by atoms with Crippen molar-refractivity contribution in [2.24, 2.45) is 5.73 Å². The van der Waals surface area contributed by atoms with Crippen molar-refractivity contribution in [1.82, 2.24) is 4.90 Å². The van der Waals surface area contributed by atoms with Gasteiger partial charge in [-0.15, -0.1) is 0 Å². The minimum absolute atomic E-state index is 0.114. The number of benzene rings is 1. The van der Waals surface area contributed by atoms with Gasteiger partial charge in [0.25, 0.3) is 0 Å². The minimum Gasteiger partial charge on any atom is -0.497 e. The van der Waals surface area contributed by atoms with Crippen LogP contribution < -0.4 is 10.5 Å². The molecule has 2 rings (SSSR count). The summed E-state index contributed by atoms with van der Waals surface area (Å²) in [6.07, 6.45) is 2.42. The van der Waals surface area contributed by atoms with E-state index in [1.165, 1.54) is 4.90 Å². The smallest absolute Gasteiger partial charge is 0.229 e. The average molecular weight is 276 g/mol. The Labute approximate surface area is 118 Å². The molecular weight excluding hydrogens is 256 g/mol. The third-order valence-electron chi connectivity index (χ3n) is 3.56. The van der Waals surface area contributed by atoms with Gasteiger partial charge in [-0.05, 0) is 30.5 Å². The van der Waals surface area contributed by atoms with Gasteiger partial charge in [0, 0.05) is 25.4 Å². The molecule has 1 aliphatic rings. The average Bonchev–Trinajstić information content (AvgIpc) is 2.62. The summed E-state index contributed by atoms with van der Waals surface area (Å²) in [4.78, 5) is 25.2. The van der Waals surface area contributed by atoms with Crippen LogP contribution in [0.15, 0.2) is 24.3 Å². The summed E-state index contributed by atoms with van der Waals surface area (Å²) in [6.45, 7) is 0.240. The number of carbonyl (C=O) groups is 2. The van der Waals surface area contributed by atoms with Crippen LogP contribution in [0.25, 0.3) is 0 Å². The molecule has 0 aromatic heterocycles. The summed E-state index contributed by atoms with van der Waals surface area (Å²) < 4.78 is 5.09.